The number of ether oxygens (including phenoxy) is 4. The Balaban J connectivity index is 1.49. The SMILES string of the molecule is COC1CC(C[C@@H](C)C2CC(=O)C(C)=CC(C)C(O)[C@@H](OC)C(=O)C(C)C[C@H](C)C=CC=CC=C(C)C(Sc3ccccc3)C[C@@H]3CCC(C)C(O)(O3)C(=O)C(=O)N3CCCCC3C(=O)O2)CC[C@H]1O. The fourth-order valence-electron chi connectivity index (χ4n) is 10.7. The molecule has 10 unspecified atom stereocenters. The van der Waals surface area contributed by atoms with Crippen molar-refractivity contribution in [2.75, 3.05) is 20.8 Å². The topological polar surface area (TPSA) is 186 Å². The van der Waals surface area contributed by atoms with Gasteiger partial charge in [-0.15, -0.1) is 11.8 Å². The number of hydrogen-bond acceptors (Lipinski definition) is 13. The van der Waals surface area contributed by atoms with Crippen molar-refractivity contribution in [2.24, 2.45) is 35.5 Å². The maximum atomic E-state index is 14.5. The minimum absolute atomic E-state index is 0.0217. The molecule has 3 N–H and O–H groups in total. The summed E-state index contributed by atoms with van der Waals surface area (Å²) in [7, 11) is 2.96. The van der Waals surface area contributed by atoms with Gasteiger partial charge >= 0.3 is 5.97 Å². The number of esters is 1. The lowest BCUT2D eigenvalue weighted by atomic mass is 9.78. The van der Waals surface area contributed by atoms with Crippen molar-refractivity contribution >= 4 is 41.0 Å². The number of aliphatic hydroxyl groups excluding tert-OH is 2. The number of ketones is 3. The van der Waals surface area contributed by atoms with Gasteiger partial charge in [0.2, 0.25) is 5.79 Å². The minimum Gasteiger partial charge on any atom is -0.460 e. The zero-order valence-corrected chi connectivity index (χ0v) is 43.8. The Labute approximate surface area is 420 Å². The zero-order valence-electron chi connectivity index (χ0n) is 43.0. The third-order valence-electron chi connectivity index (χ3n) is 15.2. The molecule has 0 radical (unpaired) electrons. The predicted octanol–water partition coefficient (Wildman–Crippen LogP) is 8.33. The lowest BCUT2D eigenvalue weighted by Gasteiger charge is -2.43. The van der Waals surface area contributed by atoms with Crippen LogP contribution in [0.4, 0.5) is 0 Å². The first kappa shape index (κ1) is 57.1. The molecular weight excluding hydrogens is 911 g/mol. The molecule has 1 saturated carbocycles. The lowest BCUT2D eigenvalue weighted by molar-refractivity contribution is -0.263. The molecule has 3 aliphatic heterocycles. The number of carbonyl (C=O) groups is 5. The number of carbonyl (C=O) groups excluding carboxylic acids is 5. The van der Waals surface area contributed by atoms with Gasteiger partial charge < -0.3 is 39.2 Å². The van der Waals surface area contributed by atoms with E-state index in [1.54, 1.807) is 45.7 Å². The van der Waals surface area contributed by atoms with E-state index in [2.05, 4.69) is 0 Å². The number of fused-ring (bicyclic) bond motifs is 3. The van der Waals surface area contributed by atoms with E-state index in [1.165, 1.54) is 12.0 Å². The number of cyclic esters (lactones) is 1. The van der Waals surface area contributed by atoms with Gasteiger partial charge in [0.25, 0.3) is 11.7 Å². The molecule has 15 atom stereocenters. The average Bonchev–Trinajstić information content (AvgIpc) is 3.34. The molecule has 3 heterocycles. The molecule has 388 valence electrons. The summed E-state index contributed by atoms with van der Waals surface area (Å²) in [5.41, 5.74) is 1.35. The van der Waals surface area contributed by atoms with Crippen LogP contribution in [0.2, 0.25) is 0 Å². The number of rotatable bonds is 7. The summed E-state index contributed by atoms with van der Waals surface area (Å²) in [6.07, 6.45) is 12.2. The Morgan fingerprint density at radius 3 is 2.30 bits per heavy atom. The van der Waals surface area contributed by atoms with Crippen LogP contribution < -0.4 is 0 Å². The molecule has 1 amide bonds. The summed E-state index contributed by atoms with van der Waals surface area (Å²) in [5, 5.41) is 34.1. The number of methoxy groups -OCH3 is 2. The molecule has 1 aromatic carbocycles. The van der Waals surface area contributed by atoms with Crippen LogP contribution in [-0.4, -0.2) is 124 Å². The van der Waals surface area contributed by atoms with E-state index in [0.717, 1.165) is 16.9 Å². The fourth-order valence-corrected chi connectivity index (χ4v) is 11.9. The van der Waals surface area contributed by atoms with Crippen LogP contribution in [0.3, 0.4) is 0 Å². The number of allylic oxidation sites excluding steroid dienone is 6. The molecule has 2 saturated heterocycles. The number of hydrogen-bond donors (Lipinski definition) is 3. The molecule has 1 aliphatic carbocycles. The van der Waals surface area contributed by atoms with E-state index in [1.807, 2.05) is 88.4 Å². The van der Waals surface area contributed by atoms with Crippen molar-refractivity contribution in [1.82, 2.24) is 4.90 Å². The van der Waals surface area contributed by atoms with Crippen LogP contribution in [0.15, 0.2) is 82.8 Å². The molecule has 0 spiro atoms. The highest BCUT2D eigenvalue weighted by molar-refractivity contribution is 8.00. The van der Waals surface area contributed by atoms with E-state index in [9.17, 15) is 39.3 Å². The Hall–Kier alpha value is -3.76. The van der Waals surface area contributed by atoms with E-state index in [-0.39, 0.29) is 60.1 Å². The van der Waals surface area contributed by atoms with Crippen molar-refractivity contribution in [3.63, 3.8) is 0 Å². The normalized spacial score (nSPS) is 35.9. The van der Waals surface area contributed by atoms with Crippen LogP contribution in [0.25, 0.3) is 0 Å². The summed E-state index contributed by atoms with van der Waals surface area (Å²) in [6, 6.07) is 8.81. The molecule has 1 aromatic rings. The van der Waals surface area contributed by atoms with Crippen LogP contribution in [0.1, 0.15) is 126 Å². The first-order valence-electron chi connectivity index (χ1n) is 25.6. The number of piperidine rings is 1. The number of aliphatic hydroxyl groups is 3. The molecule has 2 bridgehead atoms. The predicted molar refractivity (Wildman–Crippen MR) is 270 cm³/mol. The van der Waals surface area contributed by atoms with Gasteiger partial charge in [-0.2, -0.15) is 0 Å². The van der Waals surface area contributed by atoms with Gasteiger partial charge in [0.15, 0.2) is 11.6 Å². The molecule has 4 aliphatic rings. The zero-order chi connectivity index (χ0) is 51.3. The van der Waals surface area contributed by atoms with Gasteiger partial charge in [0.05, 0.1) is 24.4 Å². The number of benzene rings is 1. The standard InChI is InChI=1S/C56H81NO12S/c1-34-18-12-10-13-19-35(2)49(70-43-20-14-11-15-21-43)32-42-25-23-40(7)56(65,69-42)53(62)54(63)57-27-17-16-22-44(57)55(64)68-47(37(4)30-41-24-26-45(58)48(31-41)66-8)33-46(59)36(3)29-39(6)51(61)52(67-9)50(60)38(5)28-34/h10-15,18-21,29,34,37-42,44-45,47-49,51-52,58,61,65H,16-17,22-28,30-33H2,1-9H3/t34-,37-,38?,39?,40?,41?,42+,44?,45-,47?,48?,49?,51?,52+,56?/m1/s1. The summed E-state index contributed by atoms with van der Waals surface area (Å²) in [6.45, 7) is 12.9. The smallest absolute Gasteiger partial charge is 0.329 e. The Kier molecular flexibility index (Phi) is 21.9. The third kappa shape index (κ3) is 15.1. The van der Waals surface area contributed by atoms with Crippen LogP contribution >= 0.6 is 11.8 Å². The summed E-state index contributed by atoms with van der Waals surface area (Å²) < 4.78 is 23.9. The van der Waals surface area contributed by atoms with Gasteiger partial charge in [-0.1, -0.05) is 94.8 Å². The Morgan fingerprint density at radius 2 is 1.60 bits per heavy atom. The van der Waals surface area contributed by atoms with Crippen LogP contribution in [-0.2, 0) is 42.9 Å². The summed E-state index contributed by atoms with van der Waals surface area (Å²) in [4.78, 5) is 73.6. The maximum Gasteiger partial charge on any atom is 0.329 e. The Bertz CT molecular complexity index is 2050. The van der Waals surface area contributed by atoms with Gasteiger partial charge in [0.1, 0.15) is 18.2 Å². The first-order valence-corrected chi connectivity index (χ1v) is 26.5. The number of amides is 1. The number of Topliss-reactive ketones (excluding diaryl/α,β-unsaturated/α-hetero) is 3. The first-order chi connectivity index (χ1) is 33.3. The second-order valence-corrected chi connectivity index (χ2v) is 22.1. The molecule has 3 fully saturated rings. The van der Waals surface area contributed by atoms with Gasteiger partial charge in [-0.3, -0.25) is 19.2 Å². The van der Waals surface area contributed by atoms with E-state index >= 15 is 0 Å². The van der Waals surface area contributed by atoms with Crippen molar-refractivity contribution < 1.29 is 58.2 Å². The highest BCUT2D eigenvalue weighted by Crippen LogP contribution is 2.40. The molecule has 0 aromatic heterocycles. The van der Waals surface area contributed by atoms with Gasteiger partial charge in [0, 0.05) is 55.1 Å². The quantitative estimate of drug-likeness (QED) is 0.175. The van der Waals surface area contributed by atoms with Crippen molar-refractivity contribution in [2.45, 2.75) is 184 Å². The van der Waals surface area contributed by atoms with Crippen LogP contribution in [0.5, 0.6) is 0 Å². The highest BCUT2D eigenvalue weighted by atomic mass is 32.2. The van der Waals surface area contributed by atoms with Crippen LogP contribution in [0, 0.1) is 35.5 Å². The summed E-state index contributed by atoms with van der Waals surface area (Å²) in [5.74, 6) is -7.88. The second kappa shape index (κ2) is 26.8. The number of nitrogens with zero attached hydrogens (tertiary/aromatic N) is 1. The molecule has 5 rings (SSSR count). The van der Waals surface area contributed by atoms with Gasteiger partial charge in [-0.05, 0) is 120 Å². The van der Waals surface area contributed by atoms with Gasteiger partial charge in [-0.25, -0.2) is 4.79 Å². The number of thioether (sulfide) groups is 1. The monoisotopic (exact) mass is 992 g/mol. The molecule has 14 heteroatoms. The van der Waals surface area contributed by atoms with E-state index in [4.69, 9.17) is 18.9 Å². The Morgan fingerprint density at radius 1 is 0.871 bits per heavy atom. The lowest BCUT2D eigenvalue weighted by Crippen LogP contribution is -2.60. The minimum atomic E-state index is -2.43. The van der Waals surface area contributed by atoms with Crippen molar-refractivity contribution in [3.8, 4) is 0 Å². The molecule has 70 heavy (non-hydrogen) atoms. The maximum absolute atomic E-state index is 14.5. The van der Waals surface area contributed by atoms with E-state index in [0.29, 0.717) is 63.4 Å². The van der Waals surface area contributed by atoms with E-state index < -0.39 is 77.8 Å². The molecule has 13 nitrogen and oxygen atoms in total. The highest BCUT2D eigenvalue weighted by Gasteiger charge is 2.53. The fraction of sp³-hybridized carbons (Fsp3) is 0.661. The second-order valence-electron chi connectivity index (χ2n) is 20.8. The average molecular weight is 992 g/mol. The van der Waals surface area contributed by atoms with Crippen molar-refractivity contribution in [1.29, 1.82) is 0 Å². The molecular formula is C56H81NO12S. The summed E-state index contributed by atoms with van der Waals surface area (Å²) >= 11 is 1.65. The third-order valence-corrected chi connectivity index (χ3v) is 16.6. The van der Waals surface area contributed by atoms with Crippen molar-refractivity contribution in [3.05, 3.63) is 77.9 Å². The largest absolute Gasteiger partial charge is 0.460 e.